The lowest BCUT2D eigenvalue weighted by molar-refractivity contribution is 1.62. The SMILES string of the molecule is C[C+]=c1[cH-]ccc1=CC. The maximum Gasteiger partial charge on any atom is 0.0184 e. The van der Waals surface area contributed by atoms with E-state index in [4.69, 9.17) is 0 Å². The van der Waals surface area contributed by atoms with Crippen LogP contribution in [0.2, 0.25) is 0 Å². The fourth-order valence-corrected chi connectivity index (χ4v) is 0.913. The second-order valence-corrected chi connectivity index (χ2v) is 1.93. The van der Waals surface area contributed by atoms with E-state index in [9.17, 15) is 0 Å². The lowest BCUT2D eigenvalue weighted by Gasteiger charge is -1.71. The maximum atomic E-state index is 3.10. The number of hydrogen-bond donors (Lipinski definition) is 0. The number of hydrogen-bond acceptors (Lipinski definition) is 0. The highest BCUT2D eigenvalue weighted by Gasteiger charge is 1.79. The standard InChI is InChI=1S/C9H10/c1-3-8-6-5-7-9(8)4-2/h3,5-7H,1-2H3. The Morgan fingerprint density at radius 1 is 1.67 bits per heavy atom. The van der Waals surface area contributed by atoms with Crippen molar-refractivity contribution in [2.75, 3.05) is 0 Å². The van der Waals surface area contributed by atoms with Gasteiger partial charge in [0, 0.05) is 5.22 Å². The molecule has 0 unspecified atom stereocenters. The lowest BCUT2D eigenvalue weighted by Crippen LogP contribution is -2.17. The molecule has 1 rings (SSSR count). The van der Waals surface area contributed by atoms with Crippen LogP contribution in [-0.4, -0.2) is 0 Å². The van der Waals surface area contributed by atoms with Crippen molar-refractivity contribution in [3.05, 3.63) is 28.6 Å². The van der Waals surface area contributed by atoms with Gasteiger partial charge in [-0.15, -0.1) is 6.08 Å². The van der Waals surface area contributed by atoms with Gasteiger partial charge in [0.25, 0.3) is 0 Å². The molecule has 0 fully saturated rings. The summed E-state index contributed by atoms with van der Waals surface area (Å²) in [4.78, 5) is 0. The molecule has 1 aromatic carbocycles. The molecule has 0 atom stereocenters. The van der Waals surface area contributed by atoms with Crippen molar-refractivity contribution in [3.63, 3.8) is 0 Å². The van der Waals surface area contributed by atoms with E-state index in [2.05, 4.69) is 24.3 Å². The summed E-state index contributed by atoms with van der Waals surface area (Å²) in [7, 11) is 0. The molecule has 0 saturated carbocycles. The van der Waals surface area contributed by atoms with E-state index in [0.29, 0.717) is 0 Å². The van der Waals surface area contributed by atoms with Gasteiger partial charge >= 0.3 is 0 Å². The average Bonchev–Trinajstić information content (AvgIpc) is 2.33. The molecule has 0 amide bonds. The second-order valence-electron chi connectivity index (χ2n) is 1.93. The van der Waals surface area contributed by atoms with Gasteiger partial charge in [0.05, 0.1) is 0 Å². The Labute approximate surface area is 55.5 Å². The minimum atomic E-state index is 1.21. The second kappa shape index (κ2) is 2.52. The largest absolute Gasteiger partial charge is 0.144 e. The van der Waals surface area contributed by atoms with E-state index >= 15 is 0 Å². The van der Waals surface area contributed by atoms with Gasteiger partial charge in [0.1, 0.15) is 0 Å². The van der Waals surface area contributed by atoms with Crippen molar-refractivity contribution in [1.29, 1.82) is 0 Å². The molecule has 0 aliphatic carbocycles. The summed E-state index contributed by atoms with van der Waals surface area (Å²) in [5, 5.41) is 2.48. The van der Waals surface area contributed by atoms with Gasteiger partial charge in [-0.1, -0.05) is 18.2 Å². The van der Waals surface area contributed by atoms with Crippen molar-refractivity contribution >= 4 is 12.2 Å². The third-order valence-corrected chi connectivity index (χ3v) is 1.43. The summed E-state index contributed by atoms with van der Waals surface area (Å²) in [6.45, 7) is 3.97. The summed E-state index contributed by atoms with van der Waals surface area (Å²) < 4.78 is 0. The fraction of sp³-hybridized carbons (Fsp3) is 0.222. The van der Waals surface area contributed by atoms with Crippen LogP contribution in [0.4, 0.5) is 0 Å². The summed E-state index contributed by atoms with van der Waals surface area (Å²) in [6.07, 6.45) is 5.18. The van der Waals surface area contributed by atoms with Gasteiger partial charge in [-0.3, -0.25) is 0 Å². The van der Waals surface area contributed by atoms with Crippen LogP contribution in [0, 0.1) is 0 Å². The zero-order chi connectivity index (χ0) is 6.69. The van der Waals surface area contributed by atoms with Crippen LogP contribution >= 0.6 is 0 Å². The molecule has 0 aromatic heterocycles. The average molecular weight is 118 g/mol. The molecule has 0 N–H and O–H groups in total. The van der Waals surface area contributed by atoms with E-state index in [-0.39, 0.29) is 0 Å². The van der Waals surface area contributed by atoms with Gasteiger partial charge in [-0.25, -0.2) is 0 Å². The van der Waals surface area contributed by atoms with Gasteiger partial charge in [-0.05, 0) is 25.1 Å². The molecule has 9 heavy (non-hydrogen) atoms. The fourth-order valence-electron chi connectivity index (χ4n) is 0.913. The van der Waals surface area contributed by atoms with Gasteiger partial charge in [0.15, 0.2) is 0 Å². The normalized spacial score (nSPS) is 14.0. The smallest absolute Gasteiger partial charge is 0.0184 e. The van der Waals surface area contributed by atoms with Gasteiger partial charge in [0.2, 0.25) is 0 Å². The summed E-state index contributed by atoms with van der Waals surface area (Å²) >= 11 is 0. The zero-order valence-corrected chi connectivity index (χ0v) is 5.81. The third-order valence-electron chi connectivity index (χ3n) is 1.43. The molecule has 0 heteroatoms. The topological polar surface area (TPSA) is 0 Å². The first-order valence-electron chi connectivity index (χ1n) is 3.11. The number of rotatable bonds is 0. The van der Waals surface area contributed by atoms with E-state index in [0.717, 1.165) is 0 Å². The monoisotopic (exact) mass is 118 g/mol. The van der Waals surface area contributed by atoms with Crippen molar-refractivity contribution in [3.8, 4) is 0 Å². The van der Waals surface area contributed by atoms with Crippen LogP contribution in [0.1, 0.15) is 13.8 Å². The van der Waals surface area contributed by atoms with Gasteiger partial charge in [-0.2, -0.15) is 0 Å². The molecule has 0 radical (unpaired) electrons. The van der Waals surface area contributed by atoms with Crippen molar-refractivity contribution in [2.24, 2.45) is 0 Å². The van der Waals surface area contributed by atoms with Crippen molar-refractivity contribution in [2.45, 2.75) is 13.8 Å². The van der Waals surface area contributed by atoms with E-state index < -0.39 is 0 Å². The highest BCUT2D eigenvalue weighted by atomic mass is 13.8. The predicted molar refractivity (Wildman–Crippen MR) is 40.5 cm³/mol. The Bertz CT molecular complexity index is 247. The highest BCUT2D eigenvalue weighted by Crippen LogP contribution is 1.69. The van der Waals surface area contributed by atoms with Crippen molar-refractivity contribution in [1.82, 2.24) is 0 Å². The summed E-state index contributed by atoms with van der Waals surface area (Å²) in [5.74, 6) is 0. The predicted octanol–water partition coefficient (Wildman–Crippen LogP) is 0.883. The molecular weight excluding hydrogens is 108 g/mol. The Morgan fingerprint density at radius 3 is 2.89 bits per heavy atom. The van der Waals surface area contributed by atoms with E-state index in [1.54, 1.807) is 0 Å². The Hall–Kier alpha value is -1.00. The molecule has 0 spiro atoms. The quantitative estimate of drug-likeness (QED) is 0.444. The first-order chi connectivity index (χ1) is 4.38. The molecule has 0 heterocycles. The summed E-state index contributed by atoms with van der Waals surface area (Å²) in [6, 6.07) is 6.20. The lowest BCUT2D eigenvalue weighted by atomic mass is 10.3. The first kappa shape index (κ1) is 6.12. The molecule has 0 aliphatic heterocycles. The molecule has 0 aliphatic rings. The molecule has 46 valence electrons. The van der Waals surface area contributed by atoms with Crippen LogP contribution in [-0.2, 0) is 0 Å². The molecular formula is C9H10. The highest BCUT2D eigenvalue weighted by molar-refractivity contribution is 5.29. The van der Waals surface area contributed by atoms with E-state index in [1.165, 1.54) is 10.4 Å². The first-order valence-corrected chi connectivity index (χ1v) is 3.11. The maximum absolute atomic E-state index is 3.10. The summed E-state index contributed by atoms with van der Waals surface area (Å²) in [5.41, 5.74) is 0. The van der Waals surface area contributed by atoms with Crippen LogP contribution in [0.3, 0.4) is 0 Å². The molecule has 1 aromatic rings. The molecule has 0 saturated heterocycles. The van der Waals surface area contributed by atoms with Gasteiger partial charge < -0.3 is 0 Å². The Kier molecular flexibility index (Phi) is 1.72. The van der Waals surface area contributed by atoms with Crippen LogP contribution in [0.5, 0.6) is 0 Å². The third kappa shape index (κ3) is 1.04. The van der Waals surface area contributed by atoms with Crippen LogP contribution in [0.25, 0.3) is 12.2 Å². The minimum absolute atomic E-state index is 1.21. The Morgan fingerprint density at radius 2 is 2.44 bits per heavy atom. The molecule has 0 nitrogen and oxygen atoms in total. The van der Waals surface area contributed by atoms with E-state index in [1.807, 2.05) is 19.9 Å². The van der Waals surface area contributed by atoms with Crippen molar-refractivity contribution < 1.29 is 0 Å². The Balaban J connectivity index is 3.50. The van der Waals surface area contributed by atoms with Crippen LogP contribution in [0.15, 0.2) is 18.2 Å². The zero-order valence-electron chi connectivity index (χ0n) is 5.81. The van der Waals surface area contributed by atoms with Crippen LogP contribution < -0.4 is 10.4 Å². The molecule has 0 bridgehead atoms. The minimum Gasteiger partial charge on any atom is -0.144 e.